The maximum atomic E-state index is 6.10. The average molecular weight is 232 g/mol. The van der Waals surface area contributed by atoms with Gasteiger partial charge in [-0.25, -0.2) is 5.84 Å². The minimum absolute atomic E-state index is 0.194. The molecule has 0 aliphatic rings. The number of hydrazine groups is 1. The van der Waals surface area contributed by atoms with Gasteiger partial charge < -0.3 is 5.43 Å². The molecule has 0 saturated carbocycles. The van der Waals surface area contributed by atoms with Crippen LogP contribution in [0.15, 0.2) is 10.4 Å². The fraction of sp³-hybridized carbons (Fsp3) is 0.444. The van der Waals surface area contributed by atoms with Crippen LogP contribution in [0.4, 0.5) is 0 Å². The molecule has 0 aromatic carbocycles. The normalized spacial score (nSPS) is 12.3. The van der Waals surface area contributed by atoms with Crippen molar-refractivity contribution >= 4 is 28.8 Å². The predicted molar refractivity (Wildman–Crippen MR) is 63.1 cm³/mol. The zero-order valence-corrected chi connectivity index (χ0v) is 10.0. The highest BCUT2D eigenvalue weighted by Gasteiger charge is 2.11. The van der Waals surface area contributed by atoms with Gasteiger partial charge in [0.15, 0.2) is 5.84 Å². The Labute approximate surface area is 93.0 Å². The summed E-state index contributed by atoms with van der Waals surface area (Å²) in [6.07, 6.45) is 0. The molecule has 1 aromatic heterocycles. The third-order valence-corrected chi connectivity index (χ3v) is 3.34. The van der Waals surface area contributed by atoms with E-state index in [4.69, 9.17) is 17.4 Å². The summed E-state index contributed by atoms with van der Waals surface area (Å²) in [5.74, 6) is 6.05. The molecule has 0 fully saturated rings. The Kier molecular flexibility index (Phi) is 3.92. The zero-order chi connectivity index (χ0) is 10.7. The summed E-state index contributed by atoms with van der Waals surface area (Å²) in [7, 11) is 0. The van der Waals surface area contributed by atoms with Crippen LogP contribution in [0.3, 0.4) is 0 Å². The number of nitrogens with two attached hydrogens (primary N) is 1. The van der Waals surface area contributed by atoms with Gasteiger partial charge in [-0.1, -0.05) is 11.6 Å². The van der Waals surface area contributed by atoms with Crippen molar-refractivity contribution in [1.82, 2.24) is 5.43 Å². The highest BCUT2D eigenvalue weighted by Crippen LogP contribution is 2.27. The van der Waals surface area contributed by atoms with E-state index in [9.17, 15) is 0 Å². The number of aryl methyl sites for hydroxylation is 1. The highest BCUT2D eigenvalue weighted by molar-refractivity contribution is 7.13. The van der Waals surface area contributed by atoms with Crippen molar-refractivity contribution in [3.63, 3.8) is 0 Å². The summed E-state index contributed by atoms with van der Waals surface area (Å²) in [5, 5.41) is 2.72. The minimum Gasteiger partial charge on any atom is -0.308 e. The van der Waals surface area contributed by atoms with Crippen LogP contribution in [0, 0.1) is 6.92 Å². The SMILES string of the molecule is Cc1csc(C(=NC(C)C)NN)c1Cl. The van der Waals surface area contributed by atoms with Gasteiger partial charge in [0.1, 0.15) is 0 Å². The molecule has 0 radical (unpaired) electrons. The van der Waals surface area contributed by atoms with E-state index in [0.717, 1.165) is 15.5 Å². The van der Waals surface area contributed by atoms with Gasteiger partial charge >= 0.3 is 0 Å². The zero-order valence-electron chi connectivity index (χ0n) is 8.47. The van der Waals surface area contributed by atoms with Crippen LogP contribution >= 0.6 is 22.9 Å². The first kappa shape index (κ1) is 11.5. The standard InChI is InChI=1S/C9H14ClN3S/c1-5(2)12-9(13-11)8-7(10)6(3)4-14-8/h4-5H,11H2,1-3H3,(H,12,13). The lowest BCUT2D eigenvalue weighted by Gasteiger charge is -2.05. The molecule has 0 aliphatic carbocycles. The van der Waals surface area contributed by atoms with Crippen molar-refractivity contribution in [2.45, 2.75) is 26.8 Å². The number of nitrogens with one attached hydrogen (secondary N) is 1. The Hall–Kier alpha value is -0.580. The molecule has 14 heavy (non-hydrogen) atoms. The van der Waals surface area contributed by atoms with Gasteiger partial charge in [0.05, 0.1) is 9.90 Å². The van der Waals surface area contributed by atoms with Crippen molar-refractivity contribution in [2.24, 2.45) is 10.8 Å². The number of amidine groups is 1. The molecular weight excluding hydrogens is 218 g/mol. The quantitative estimate of drug-likeness (QED) is 0.355. The Morgan fingerprint density at radius 2 is 2.29 bits per heavy atom. The summed E-state index contributed by atoms with van der Waals surface area (Å²) in [5.41, 5.74) is 3.63. The van der Waals surface area contributed by atoms with Gasteiger partial charge in [0.2, 0.25) is 0 Å². The average Bonchev–Trinajstić information content (AvgIpc) is 2.44. The first-order valence-electron chi connectivity index (χ1n) is 4.34. The van der Waals surface area contributed by atoms with E-state index in [0.29, 0.717) is 5.84 Å². The number of aliphatic imine (C=N–C) groups is 1. The van der Waals surface area contributed by atoms with E-state index in [1.165, 1.54) is 0 Å². The van der Waals surface area contributed by atoms with Crippen LogP contribution in [0.5, 0.6) is 0 Å². The molecule has 1 aromatic rings. The molecule has 5 heteroatoms. The second-order valence-electron chi connectivity index (χ2n) is 3.28. The fourth-order valence-electron chi connectivity index (χ4n) is 1.01. The van der Waals surface area contributed by atoms with Gasteiger partial charge in [-0.05, 0) is 31.7 Å². The van der Waals surface area contributed by atoms with E-state index in [-0.39, 0.29) is 6.04 Å². The van der Waals surface area contributed by atoms with Crippen molar-refractivity contribution in [3.8, 4) is 0 Å². The molecule has 3 nitrogen and oxygen atoms in total. The topological polar surface area (TPSA) is 50.4 Å². The first-order chi connectivity index (χ1) is 6.56. The first-order valence-corrected chi connectivity index (χ1v) is 5.60. The third-order valence-electron chi connectivity index (χ3n) is 1.64. The summed E-state index contributed by atoms with van der Waals surface area (Å²) in [6, 6.07) is 0.194. The van der Waals surface area contributed by atoms with Crippen LogP contribution in [0.25, 0.3) is 0 Å². The molecule has 0 spiro atoms. The third kappa shape index (κ3) is 2.47. The summed E-state index contributed by atoms with van der Waals surface area (Å²) in [4.78, 5) is 5.25. The molecule has 0 atom stereocenters. The predicted octanol–water partition coefficient (Wildman–Crippen LogP) is 2.33. The van der Waals surface area contributed by atoms with E-state index >= 15 is 0 Å². The molecule has 0 saturated heterocycles. The van der Waals surface area contributed by atoms with E-state index in [1.807, 2.05) is 26.2 Å². The number of hydrogen-bond donors (Lipinski definition) is 2. The van der Waals surface area contributed by atoms with Crippen molar-refractivity contribution < 1.29 is 0 Å². The van der Waals surface area contributed by atoms with Crippen LogP contribution in [0.1, 0.15) is 24.3 Å². The van der Waals surface area contributed by atoms with Crippen LogP contribution in [0.2, 0.25) is 5.02 Å². The molecule has 0 unspecified atom stereocenters. The Bertz CT molecular complexity index is 344. The molecule has 0 amide bonds. The Morgan fingerprint density at radius 1 is 1.64 bits per heavy atom. The maximum Gasteiger partial charge on any atom is 0.154 e. The largest absolute Gasteiger partial charge is 0.308 e. The highest BCUT2D eigenvalue weighted by atomic mass is 35.5. The monoisotopic (exact) mass is 231 g/mol. The van der Waals surface area contributed by atoms with Gasteiger partial charge in [0.25, 0.3) is 0 Å². The molecule has 3 N–H and O–H groups in total. The minimum atomic E-state index is 0.194. The van der Waals surface area contributed by atoms with Gasteiger partial charge in [-0.15, -0.1) is 11.3 Å². The number of hydrogen-bond acceptors (Lipinski definition) is 3. The molecular formula is C9H14ClN3S. The maximum absolute atomic E-state index is 6.10. The van der Waals surface area contributed by atoms with Gasteiger partial charge in [0, 0.05) is 6.04 Å². The smallest absolute Gasteiger partial charge is 0.154 e. The fourth-order valence-corrected chi connectivity index (χ4v) is 2.25. The molecule has 1 rings (SSSR count). The van der Waals surface area contributed by atoms with Gasteiger partial charge in [-0.2, -0.15) is 0 Å². The Balaban J connectivity index is 3.07. The van der Waals surface area contributed by atoms with Crippen LogP contribution in [-0.2, 0) is 0 Å². The summed E-state index contributed by atoms with van der Waals surface area (Å²) in [6.45, 7) is 5.95. The lowest BCUT2D eigenvalue weighted by atomic mass is 10.3. The molecule has 78 valence electrons. The van der Waals surface area contributed by atoms with Crippen molar-refractivity contribution in [1.29, 1.82) is 0 Å². The summed E-state index contributed by atoms with van der Waals surface area (Å²) < 4.78 is 0. The lowest BCUT2D eigenvalue weighted by Crippen LogP contribution is -2.31. The van der Waals surface area contributed by atoms with E-state index in [1.54, 1.807) is 11.3 Å². The Morgan fingerprint density at radius 3 is 2.64 bits per heavy atom. The van der Waals surface area contributed by atoms with Crippen molar-refractivity contribution in [3.05, 3.63) is 20.8 Å². The molecule has 0 bridgehead atoms. The molecule has 1 heterocycles. The number of rotatable bonds is 2. The lowest BCUT2D eigenvalue weighted by molar-refractivity contribution is 0.821. The van der Waals surface area contributed by atoms with Crippen LogP contribution < -0.4 is 11.3 Å². The number of nitrogens with zero attached hydrogens (tertiary/aromatic N) is 1. The second-order valence-corrected chi connectivity index (χ2v) is 4.54. The van der Waals surface area contributed by atoms with Gasteiger partial charge in [-0.3, -0.25) is 4.99 Å². The summed E-state index contributed by atoms with van der Waals surface area (Å²) >= 11 is 7.65. The van der Waals surface area contributed by atoms with E-state index < -0.39 is 0 Å². The van der Waals surface area contributed by atoms with E-state index in [2.05, 4.69) is 10.4 Å². The van der Waals surface area contributed by atoms with Crippen LogP contribution in [-0.4, -0.2) is 11.9 Å². The number of thiophene rings is 1. The second kappa shape index (κ2) is 4.77. The van der Waals surface area contributed by atoms with Crippen molar-refractivity contribution in [2.75, 3.05) is 0 Å². The molecule has 0 aliphatic heterocycles. The number of halogens is 1.